The molecular formula is C12H18O3S. The molecule has 0 heterocycles. The summed E-state index contributed by atoms with van der Waals surface area (Å²) in [6.07, 6.45) is 0. The maximum absolute atomic E-state index is 11.4. The van der Waals surface area contributed by atoms with Crippen LogP contribution in [0.4, 0.5) is 0 Å². The SMILES string of the molecule is CC(C)c1ccccc1C(C)(C)S(=O)(=O)O. The fourth-order valence-corrected chi connectivity index (χ4v) is 2.15. The number of hydrogen-bond donors (Lipinski definition) is 1. The maximum atomic E-state index is 11.4. The average molecular weight is 242 g/mol. The fourth-order valence-electron chi connectivity index (χ4n) is 1.69. The van der Waals surface area contributed by atoms with Crippen molar-refractivity contribution in [3.05, 3.63) is 35.4 Å². The van der Waals surface area contributed by atoms with Gasteiger partial charge in [0.2, 0.25) is 0 Å². The third kappa shape index (κ3) is 2.28. The Morgan fingerprint density at radius 1 is 1.19 bits per heavy atom. The molecule has 0 aromatic heterocycles. The molecule has 0 aliphatic carbocycles. The molecule has 0 amide bonds. The van der Waals surface area contributed by atoms with Crippen molar-refractivity contribution in [3.8, 4) is 0 Å². The van der Waals surface area contributed by atoms with E-state index in [0.29, 0.717) is 5.56 Å². The van der Waals surface area contributed by atoms with Gasteiger partial charge in [0.1, 0.15) is 4.75 Å². The predicted molar refractivity (Wildman–Crippen MR) is 65.1 cm³/mol. The van der Waals surface area contributed by atoms with Crippen molar-refractivity contribution >= 4 is 10.1 Å². The fraction of sp³-hybridized carbons (Fsp3) is 0.500. The largest absolute Gasteiger partial charge is 0.285 e. The molecule has 4 heteroatoms. The Labute approximate surface area is 97.2 Å². The van der Waals surface area contributed by atoms with Crippen LogP contribution in [0.3, 0.4) is 0 Å². The monoisotopic (exact) mass is 242 g/mol. The van der Waals surface area contributed by atoms with Gasteiger partial charge in [-0.15, -0.1) is 0 Å². The quantitative estimate of drug-likeness (QED) is 0.829. The Morgan fingerprint density at radius 2 is 1.69 bits per heavy atom. The predicted octanol–water partition coefficient (Wildman–Crippen LogP) is 2.93. The van der Waals surface area contributed by atoms with Crippen molar-refractivity contribution < 1.29 is 13.0 Å². The van der Waals surface area contributed by atoms with Crippen molar-refractivity contribution in [3.63, 3.8) is 0 Å². The summed E-state index contributed by atoms with van der Waals surface area (Å²) in [6, 6.07) is 7.31. The first kappa shape index (κ1) is 13.2. The number of benzene rings is 1. The molecule has 0 radical (unpaired) electrons. The second kappa shape index (κ2) is 4.18. The van der Waals surface area contributed by atoms with E-state index in [2.05, 4.69) is 0 Å². The van der Waals surface area contributed by atoms with Crippen molar-refractivity contribution in [1.82, 2.24) is 0 Å². The van der Waals surface area contributed by atoms with E-state index < -0.39 is 14.9 Å². The van der Waals surface area contributed by atoms with Gasteiger partial charge in [0, 0.05) is 0 Å². The zero-order chi connectivity index (χ0) is 12.6. The molecule has 16 heavy (non-hydrogen) atoms. The zero-order valence-corrected chi connectivity index (χ0v) is 10.9. The Morgan fingerprint density at radius 3 is 2.12 bits per heavy atom. The van der Waals surface area contributed by atoms with E-state index in [1.165, 1.54) is 13.8 Å². The smallest absolute Gasteiger partial charge is 0.274 e. The van der Waals surface area contributed by atoms with E-state index in [1.807, 2.05) is 26.0 Å². The lowest BCUT2D eigenvalue weighted by Gasteiger charge is -2.25. The maximum Gasteiger partial charge on any atom is 0.274 e. The first-order valence-corrected chi connectivity index (χ1v) is 6.68. The van der Waals surface area contributed by atoms with Gasteiger partial charge >= 0.3 is 0 Å². The van der Waals surface area contributed by atoms with Gasteiger partial charge in [0.25, 0.3) is 10.1 Å². The normalized spacial score (nSPS) is 13.1. The molecule has 1 N–H and O–H groups in total. The van der Waals surface area contributed by atoms with E-state index in [-0.39, 0.29) is 5.92 Å². The lowest BCUT2D eigenvalue weighted by molar-refractivity contribution is 0.444. The summed E-state index contributed by atoms with van der Waals surface area (Å²) >= 11 is 0. The third-order valence-corrected chi connectivity index (χ3v) is 4.39. The second-order valence-electron chi connectivity index (χ2n) is 4.73. The molecule has 1 aromatic carbocycles. The highest BCUT2D eigenvalue weighted by atomic mass is 32.2. The van der Waals surface area contributed by atoms with Gasteiger partial charge in [-0.1, -0.05) is 38.1 Å². The Bertz CT molecular complexity index is 473. The second-order valence-corrected chi connectivity index (χ2v) is 6.70. The Balaban J connectivity index is 3.45. The molecule has 0 saturated heterocycles. The summed E-state index contributed by atoms with van der Waals surface area (Å²) in [6.45, 7) is 7.03. The van der Waals surface area contributed by atoms with Crippen molar-refractivity contribution in [2.45, 2.75) is 38.4 Å². The lowest BCUT2D eigenvalue weighted by atomic mass is 9.90. The van der Waals surface area contributed by atoms with Gasteiger partial charge in [-0.05, 0) is 30.9 Å². The van der Waals surface area contributed by atoms with Crippen LogP contribution in [0.2, 0.25) is 0 Å². The molecule has 0 atom stereocenters. The standard InChI is InChI=1S/C12H18O3S/c1-9(2)10-7-5-6-8-11(10)12(3,4)16(13,14)15/h5-9H,1-4H3,(H,13,14,15). The minimum Gasteiger partial charge on any atom is -0.285 e. The molecule has 0 saturated carbocycles. The van der Waals surface area contributed by atoms with E-state index in [0.717, 1.165) is 5.56 Å². The molecule has 0 bridgehead atoms. The van der Waals surface area contributed by atoms with Gasteiger partial charge in [-0.3, -0.25) is 4.55 Å². The zero-order valence-electron chi connectivity index (χ0n) is 10.1. The highest BCUT2D eigenvalue weighted by molar-refractivity contribution is 7.86. The molecule has 90 valence electrons. The molecular weight excluding hydrogens is 224 g/mol. The van der Waals surface area contributed by atoms with Crippen LogP contribution in [0.15, 0.2) is 24.3 Å². The first-order valence-electron chi connectivity index (χ1n) is 5.24. The van der Waals surface area contributed by atoms with Crippen LogP contribution in [0, 0.1) is 0 Å². The van der Waals surface area contributed by atoms with Crippen molar-refractivity contribution in [2.75, 3.05) is 0 Å². The van der Waals surface area contributed by atoms with Gasteiger partial charge in [0.15, 0.2) is 0 Å². The van der Waals surface area contributed by atoms with Crippen LogP contribution in [0.1, 0.15) is 44.7 Å². The van der Waals surface area contributed by atoms with Gasteiger partial charge in [-0.2, -0.15) is 8.42 Å². The number of rotatable bonds is 3. The molecule has 0 unspecified atom stereocenters. The molecule has 3 nitrogen and oxygen atoms in total. The van der Waals surface area contributed by atoms with Crippen molar-refractivity contribution in [2.24, 2.45) is 0 Å². The van der Waals surface area contributed by atoms with Crippen LogP contribution in [-0.2, 0) is 14.9 Å². The van der Waals surface area contributed by atoms with E-state index in [1.54, 1.807) is 12.1 Å². The van der Waals surface area contributed by atoms with Gasteiger partial charge in [-0.25, -0.2) is 0 Å². The van der Waals surface area contributed by atoms with Crippen LogP contribution in [-0.4, -0.2) is 13.0 Å². The van der Waals surface area contributed by atoms with Crippen LogP contribution in [0.25, 0.3) is 0 Å². The highest BCUT2D eigenvalue weighted by Gasteiger charge is 2.36. The Hall–Kier alpha value is -0.870. The molecule has 0 aliphatic heterocycles. The molecule has 0 fully saturated rings. The summed E-state index contributed by atoms with van der Waals surface area (Å²) in [4.78, 5) is 0. The first-order chi connectivity index (χ1) is 7.18. The molecule has 0 spiro atoms. The molecule has 1 rings (SSSR count). The average Bonchev–Trinajstić information content (AvgIpc) is 2.16. The summed E-state index contributed by atoms with van der Waals surface area (Å²) in [5, 5.41) is 0. The minimum absolute atomic E-state index is 0.220. The topological polar surface area (TPSA) is 54.4 Å². The summed E-state index contributed by atoms with van der Waals surface area (Å²) < 4.78 is 30.8. The van der Waals surface area contributed by atoms with E-state index in [4.69, 9.17) is 0 Å². The van der Waals surface area contributed by atoms with Gasteiger partial charge in [0.05, 0.1) is 0 Å². The lowest BCUT2D eigenvalue weighted by Crippen LogP contribution is -2.29. The number of hydrogen-bond acceptors (Lipinski definition) is 2. The van der Waals surface area contributed by atoms with E-state index in [9.17, 15) is 13.0 Å². The van der Waals surface area contributed by atoms with Crippen LogP contribution >= 0.6 is 0 Å². The van der Waals surface area contributed by atoms with Crippen molar-refractivity contribution in [1.29, 1.82) is 0 Å². The summed E-state index contributed by atoms with van der Waals surface area (Å²) in [5.74, 6) is 0.220. The molecule has 1 aromatic rings. The van der Waals surface area contributed by atoms with Crippen LogP contribution < -0.4 is 0 Å². The molecule has 0 aliphatic rings. The van der Waals surface area contributed by atoms with Crippen LogP contribution in [0.5, 0.6) is 0 Å². The van der Waals surface area contributed by atoms with Gasteiger partial charge < -0.3 is 0 Å². The Kier molecular flexibility index (Phi) is 3.45. The highest BCUT2D eigenvalue weighted by Crippen LogP contribution is 2.34. The minimum atomic E-state index is -4.11. The summed E-state index contributed by atoms with van der Waals surface area (Å²) in [7, 11) is -4.11. The van der Waals surface area contributed by atoms with E-state index >= 15 is 0 Å². The summed E-state index contributed by atoms with van der Waals surface area (Å²) in [5.41, 5.74) is 1.61. The third-order valence-electron chi connectivity index (χ3n) is 2.88.